The number of Topliss-reactive ketones (excluding diaryl/α,β-unsaturated/α-hetero) is 3. The Bertz CT molecular complexity index is 1990. The van der Waals surface area contributed by atoms with Crippen molar-refractivity contribution >= 4 is 35.2 Å². The third-order valence-electron chi connectivity index (χ3n) is 15.6. The molecule has 0 radical (unpaired) electrons. The predicted octanol–water partition coefficient (Wildman–Crippen LogP) is 5.07. The molecule has 17 heteroatoms. The minimum Gasteiger partial charge on any atom is -0.460 e. The molecule has 17 nitrogen and oxygen atoms in total. The number of hydrogen-bond acceptors (Lipinski definition) is 16. The molecule has 1 aliphatic carbocycles. The summed E-state index contributed by atoms with van der Waals surface area (Å²) in [6, 6.07) is -1.22. The summed E-state index contributed by atoms with van der Waals surface area (Å²) in [7, 11) is 2.85. The fourth-order valence-electron chi connectivity index (χ4n) is 10.4. The first-order valence-electron chi connectivity index (χ1n) is 26.0. The minimum atomic E-state index is -2.52. The highest BCUT2D eigenvalue weighted by molar-refractivity contribution is 6.39. The summed E-state index contributed by atoms with van der Waals surface area (Å²) >= 11 is 0. The van der Waals surface area contributed by atoms with Crippen LogP contribution in [0.1, 0.15) is 132 Å². The van der Waals surface area contributed by atoms with Crippen molar-refractivity contribution in [1.82, 2.24) is 4.90 Å². The molecule has 3 heterocycles. The van der Waals surface area contributed by atoms with Gasteiger partial charge in [-0.15, -0.1) is 0 Å². The molecule has 4 aliphatic rings. The summed E-state index contributed by atoms with van der Waals surface area (Å²) in [6.45, 7) is 12.4. The largest absolute Gasteiger partial charge is 0.460 e. The Morgan fingerprint density at radius 1 is 0.875 bits per heavy atom. The van der Waals surface area contributed by atoms with Gasteiger partial charge in [0, 0.05) is 51.4 Å². The fraction of sp³-hybridized carbons (Fsp3) is 0.745. The van der Waals surface area contributed by atoms with Gasteiger partial charge in [-0.25, -0.2) is 4.79 Å². The van der Waals surface area contributed by atoms with E-state index in [1.165, 1.54) is 21.1 Å². The zero-order valence-corrected chi connectivity index (χ0v) is 44.3. The first-order chi connectivity index (χ1) is 33.9. The predicted molar refractivity (Wildman–Crippen MR) is 266 cm³/mol. The number of rotatable bonds is 9. The van der Waals surface area contributed by atoms with Crippen LogP contribution in [0.2, 0.25) is 0 Å². The van der Waals surface area contributed by atoms with E-state index in [1.54, 1.807) is 58.9 Å². The van der Waals surface area contributed by atoms with Gasteiger partial charge in [0.15, 0.2) is 5.78 Å². The molecule has 15 atom stereocenters. The van der Waals surface area contributed by atoms with E-state index in [1.807, 2.05) is 26.0 Å². The maximum Gasteiger partial charge on any atom is 0.329 e. The summed E-state index contributed by atoms with van der Waals surface area (Å²) in [4.78, 5) is 85.1. The van der Waals surface area contributed by atoms with E-state index in [4.69, 9.17) is 23.7 Å². The van der Waals surface area contributed by atoms with Gasteiger partial charge in [-0.05, 0) is 114 Å². The van der Waals surface area contributed by atoms with E-state index < -0.39 is 120 Å². The Morgan fingerprint density at radius 3 is 2.22 bits per heavy atom. The molecule has 2 saturated heterocycles. The lowest BCUT2D eigenvalue weighted by atomic mass is 9.78. The Hall–Kier alpha value is -3.94. The van der Waals surface area contributed by atoms with Crippen LogP contribution in [0.25, 0.3) is 0 Å². The summed E-state index contributed by atoms with van der Waals surface area (Å²) < 4.78 is 29.4. The maximum atomic E-state index is 14.5. The third kappa shape index (κ3) is 15.6. The fourth-order valence-corrected chi connectivity index (χ4v) is 10.4. The second kappa shape index (κ2) is 27.6. The lowest BCUT2D eigenvalue weighted by molar-refractivity contribution is -0.265. The highest BCUT2D eigenvalue weighted by atomic mass is 16.6. The van der Waals surface area contributed by atoms with Crippen molar-refractivity contribution in [3.05, 3.63) is 47.6 Å². The Kier molecular flexibility index (Phi) is 23.2. The topological polar surface area (TPSA) is 253 Å². The molecule has 0 aromatic carbocycles. The number of ether oxygens (including phenoxy) is 5. The first-order valence-corrected chi connectivity index (χ1v) is 26.0. The van der Waals surface area contributed by atoms with Crippen LogP contribution in [-0.4, -0.2) is 154 Å². The third-order valence-corrected chi connectivity index (χ3v) is 15.6. The SMILES string of the molecule is CO[C@@H]1C(=O)[C@H](C)C[C@H](C)\C=C/C=C/C=C(\C)C(O)CC2CC[C@@H](C)[C@@](O)(O2)C(=O)C(=O)N2CCCC[C@H]2C(=O)O[C@H](C(C)C[C@@H]2CC[C@@H](OC(=O)C(C)(CO)CO)[C@H](OC)C2)CC(=O)[C@H](C)/C=C(\C)[C@H]1O. The molecule has 406 valence electrons. The minimum absolute atomic E-state index is 0.0247. The summed E-state index contributed by atoms with van der Waals surface area (Å²) in [5, 5.41) is 54.1. The van der Waals surface area contributed by atoms with Gasteiger partial charge >= 0.3 is 11.9 Å². The van der Waals surface area contributed by atoms with Crippen molar-refractivity contribution in [3.8, 4) is 0 Å². The smallest absolute Gasteiger partial charge is 0.329 e. The average Bonchev–Trinajstić information content (AvgIpc) is 3.36. The van der Waals surface area contributed by atoms with Crippen LogP contribution in [0.4, 0.5) is 0 Å². The normalized spacial score (nSPS) is 37.8. The number of ketones is 3. The highest BCUT2D eigenvalue weighted by Gasteiger charge is 2.53. The van der Waals surface area contributed by atoms with Gasteiger partial charge in [0.2, 0.25) is 5.79 Å². The van der Waals surface area contributed by atoms with E-state index in [0.717, 1.165) is 4.90 Å². The molecular formula is C55H85NO16. The zero-order chi connectivity index (χ0) is 53.7. The molecule has 3 aliphatic heterocycles. The van der Waals surface area contributed by atoms with Crippen molar-refractivity contribution in [2.75, 3.05) is 34.0 Å². The second-order valence-electron chi connectivity index (χ2n) is 21.6. The number of aliphatic hydroxyl groups excluding tert-OH is 4. The molecule has 72 heavy (non-hydrogen) atoms. The standard InChI is InChI=1S/C55H85NO16/c1-32-16-12-11-13-17-33(2)42(59)28-40-21-19-38(7)55(67,72-40)50(63)51(64)56-23-15-14-18-41(56)52(65)70-45(29-43(60)34(3)25-37(6)48(62)49(69-10)47(61)36(5)24-32)35(4)26-39-20-22-44(46(27-39)68-9)71-53(66)54(8,30-57)31-58/h11-13,16-17,25,32,34-36,38-42,44-46,48-49,57-59,62,67H,14-15,18-24,26-31H2,1-10H3/b13-11+,16-12-,33-17+,37-25+/t32-,34-,35?,36-,38-,39+,40?,41+,42?,44-,45+,46-,48-,49-,55-/m1/s1. The second-order valence-corrected chi connectivity index (χ2v) is 21.6. The number of hydrogen-bond donors (Lipinski definition) is 5. The lowest BCUT2D eigenvalue weighted by Crippen LogP contribution is -2.61. The number of aliphatic hydroxyl groups is 5. The maximum absolute atomic E-state index is 14.5. The quantitative estimate of drug-likeness (QED) is 0.115. The number of cyclic esters (lactones) is 1. The van der Waals surface area contributed by atoms with Gasteiger partial charge in [0.05, 0.1) is 31.5 Å². The average molecular weight is 1020 g/mol. The zero-order valence-electron chi connectivity index (χ0n) is 44.3. The number of carbonyl (C=O) groups excluding carboxylic acids is 6. The molecule has 5 N–H and O–H groups in total. The monoisotopic (exact) mass is 1020 g/mol. The van der Waals surface area contributed by atoms with E-state index in [-0.39, 0.29) is 49.2 Å². The van der Waals surface area contributed by atoms with Crippen molar-refractivity contribution in [2.45, 2.75) is 187 Å². The number of piperidine rings is 1. The number of carbonyl (C=O) groups is 6. The van der Waals surface area contributed by atoms with Crippen molar-refractivity contribution in [1.29, 1.82) is 0 Å². The van der Waals surface area contributed by atoms with Crippen LogP contribution in [0.3, 0.4) is 0 Å². The first kappa shape index (κ1) is 60.6. The number of amides is 1. The molecule has 1 amide bonds. The molecule has 1 saturated carbocycles. The van der Waals surface area contributed by atoms with Crippen LogP contribution in [0.15, 0.2) is 47.6 Å². The van der Waals surface area contributed by atoms with Crippen LogP contribution in [0.5, 0.6) is 0 Å². The Morgan fingerprint density at radius 2 is 1.57 bits per heavy atom. The molecular weight excluding hydrogens is 931 g/mol. The molecule has 3 unspecified atom stereocenters. The van der Waals surface area contributed by atoms with Crippen LogP contribution in [0, 0.1) is 40.9 Å². The number of nitrogens with zero attached hydrogens (tertiary/aromatic N) is 1. The number of allylic oxidation sites excluding steroid dienone is 6. The number of methoxy groups -OCH3 is 2. The van der Waals surface area contributed by atoms with Crippen LogP contribution < -0.4 is 0 Å². The van der Waals surface area contributed by atoms with Gasteiger partial charge in [-0.1, -0.05) is 71.1 Å². The van der Waals surface area contributed by atoms with E-state index in [9.17, 15) is 54.3 Å². The molecule has 2 bridgehead atoms. The number of fused-ring (bicyclic) bond motifs is 3. The molecule has 3 fully saturated rings. The van der Waals surface area contributed by atoms with Crippen LogP contribution >= 0.6 is 0 Å². The van der Waals surface area contributed by atoms with Gasteiger partial charge in [-0.2, -0.15) is 0 Å². The van der Waals surface area contributed by atoms with E-state index >= 15 is 0 Å². The molecule has 4 rings (SSSR count). The molecule has 0 aromatic rings. The molecule has 0 spiro atoms. The van der Waals surface area contributed by atoms with Gasteiger partial charge < -0.3 is 54.1 Å². The van der Waals surface area contributed by atoms with Gasteiger partial charge in [0.25, 0.3) is 11.7 Å². The van der Waals surface area contributed by atoms with Crippen LogP contribution in [-0.2, 0) is 52.5 Å². The van der Waals surface area contributed by atoms with Crippen molar-refractivity contribution in [3.63, 3.8) is 0 Å². The summed E-state index contributed by atoms with van der Waals surface area (Å²) in [6.07, 6.45) is 8.11. The van der Waals surface area contributed by atoms with E-state index in [2.05, 4.69) is 0 Å². The van der Waals surface area contributed by atoms with E-state index in [0.29, 0.717) is 68.9 Å². The van der Waals surface area contributed by atoms with Gasteiger partial charge in [0.1, 0.15) is 41.7 Å². The highest BCUT2D eigenvalue weighted by Crippen LogP contribution is 2.38. The summed E-state index contributed by atoms with van der Waals surface area (Å²) in [5.41, 5.74) is -0.548. The van der Waals surface area contributed by atoms with Gasteiger partial charge in [-0.3, -0.25) is 24.0 Å². The summed E-state index contributed by atoms with van der Waals surface area (Å²) in [5.74, 6) is -9.65. The van der Waals surface area contributed by atoms with Crippen molar-refractivity contribution in [2.24, 2.45) is 40.9 Å². The Labute approximate surface area is 426 Å². The molecule has 0 aromatic heterocycles. The Balaban J connectivity index is 1.68. The van der Waals surface area contributed by atoms with Crippen molar-refractivity contribution < 1.29 is 78.0 Å². The number of esters is 2. The lowest BCUT2D eigenvalue weighted by Gasteiger charge is -2.42.